The largest absolute Gasteiger partial charge is 0.378 e. The van der Waals surface area contributed by atoms with Crippen LogP contribution in [0, 0.1) is 0 Å². The summed E-state index contributed by atoms with van der Waals surface area (Å²) in [6.07, 6.45) is 6.18. The first-order valence-corrected chi connectivity index (χ1v) is 12.2. The van der Waals surface area contributed by atoms with E-state index in [1.807, 2.05) is 12.1 Å². The number of hydrogen-bond acceptors (Lipinski definition) is 3. The van der Waals surface area contributed by atoms with Gasteiger partial charge in [-0.3, -0.25) is 0 Å². The van der Waals surface area contributed by atoms with E-state index in [-0.39, 0.29) is 0 Å². The van der Waals surface area contributed by atoms with Crippen LogP contribution in [-0.4, -0.2) is 8.42 Å². The molecular weight excluding hydrogens is 392 g/mol. The molecule has 0 saturated carbocycles. The molecule has 0 amide bonds. The molecule has 0 N–H and O–H groups in total. The van der Waals surface area contributed by atoms with Gasteiger partial charge in [-0.25, -0.2) is 0 Å². The molecule has 30 heavy (non-hydrogen) atoms. The summed E-state index contributed by atoms with van der Waals surface area (Å²) >= 11 is 0. The Morgan fingerprint density at radius 3 is 1.83 bits per heavy atom. The third kappa shape index (κ3) is 1.65. The SMILES string of the molecule is O=S1(=O)Oc2cc3c4c(ccc5c6ccc7c8c(cc1c(c2c45)c86)CCC7)CCC3. The van der Waals surface area contributed by atoms with Crippen molar-refractivity contribution in [1.29, 1.82) is 0 Å². The highest BCUT2D eigenvalue weighted by Gasteiger charge is 2.34. The van der Waals surface area contributed by atoms with E-state index in [4.69, 9.17) is 4.18 Å². The van der Waals surface area contributed by atoms with Crippen molar-refractivity contribution >= 4 is 53.2 Å². The molecule has 0 radical (unpaired) electrons. The molecule has 0 unspecified atom stereocenters. The highest BCUT2D eigenvalue weighted by molar-refractivity contribution is 7.87. The Bertz CT molecular complexity index is 1730. The molecule has 1 aliphatic heterocycles. The van der Waals surface area contributed by atoms with E-state index in [1.54, 1.807) is 0 Å². The normalized spacial score (nSPS) is 18.7. The van der Waals surface area contributed by atoms with Gasteiger partial charge in [0.2, 0.25) is 0 Å². The van der Waals surface area contributed by atoms with Crippen molar-refractivity contribution in [1.82, 2.24) is 0 Å². The zero-order valence-electron chi connectivity index (χ0n) is 16.3. The quantitative estimate of drug-likeness (QED) is 0.184. The van der Waals surface area contributed by atoms with E-state index in [1.165, 1.54) is 43.6 Å². The fourth-order valence-electron chi connectivity index (χ4n) is 6.52. The summed E-state index contributed by atoms with van der Waals surface area (Å²) in [7, 11) is -3.83. The van der Waals surface area contributed by atoms with E-state index < -0.39 is 10.1 Å². The molecule has 1 heterocycles. The molecule has 8 rings (SSSR count). The zero-order valence-corrected chi connectivity index (χ0v) is 17.2. The van der Waals surface area contributed by atoms with Gasteiger partial charge < -0.3 is 4.18 Å². The van der Waals surface area contributed by atoms with Gasteiger partial charge in [-0.2, -0.15) is 8.42 Å². The number of aryl methyl sites for hydroxylation is 4. The van der Waals surface area contributed by atoms with Crippen molar-refractivity contribution < 1.29 is 12.6 Å². The Hall–Kier alpha value is -2.85. The van der Waals surface area contributed by atoms with Crippen molar-refractivity contribution in [3.05, 3.63) is 58.7 Å². The van der Waals surface area contributed by atoms with Gasteiger partial charge in [-0.05, 0) is 99.8 Å². The third-order valence-electron chi connectivity index (χ3n) is 7.62. The first-order valence-electron chi connectivity index (χ1n) is 10.8. The van der Waals surface area contributed by atoms with Crippen LogP contribution in [0.5, 0.6) is 5.75 Å². The van der Waals surface area contributed by atoms with Crippen molar-refractivity contribution in [2.45, 2.75) is 43.4 Å². The van der Waals surface area contributed by atoms with Crippen LogP contribution in [0.2, 0.25) is 0 Å². The molecule has 4 heteroatoms. The molecule has 5 aromatic carbocycles. The molecule has 0 fully saturated rings. The van der Waals surface area contributed by atoms with E-state index in [0.717, 1.165) is 60.2 Å². The smallest absolute Gasteiger partial charge is 0.339 e. The Morgan fingerprint density at radius 2 is 1.17 bits per heavy atom. The Morgan fingerprint density at radius 1 is 0.600 bits per heavy atom. The topological polar surface area (TPSA) is 43.4 Å². The van der Waals surface area contributed by atoms with E-state index >= 15 is 0 Å². The van der Waals surface area contributed by atoms with E-state index in [2.05, 4.69) is 24.3 Å². The average molecular weight is 410 g/mol. The second-order valence-corrected chi connectivity index (χ2v) is 10.6. The lowest BCUT2D eigenvalue weighted by Crippen LogP contribution is -2.17. The summed E-state index contributed by atoms with van der Waals surface area (Å²) in [5, 5.41) is 9.21. The number of rotatable bonds is 0. The van der Waals surface area contributed by atoms with Crippen molar-refractivity contribution in [3.63, 3.8) is 0 Å². The monoisotopic (exact) mass is 410 g/mol. The summed E-state index contributed by atoms with van der Waals surface area (Å²) in [5.74, 6) is 0.521. The van der Waals surface area contributed by atoms with Crippen LogP contribution in [0.4, 0.5) is 0 Å². The van der Waals surface area contributed by atoms with Crippen LogP contribution in [0.3, 0.4) is 0 Å². The Balaban J connectivity index is 1.81. The minimum atomic E-state index is -3.83. The van der Waals surface area contributed by atoms with Gasteiger partial charge in [-0.15, -0.1) is 0 Å². The van der Waals surface area contributed by atoms with Crippen molar-refractivity contribution in [2.75, 3.05) is 0 Å². The van der Waals surface area contributed by atoms with Crippen LogP contribution in [0.25, 0.3) is 43.1 Å². The minimum absolute atomic E-state index is 0.361. The summed E-state index contributed by atoms with van der Waals surface area (Å²) < 4.78 is 32.3. The lowest BCUT2D eigenvalue weighted by Gasteiger charge is -2.29. The molecule has 0 aromatic heterocycles. The lowest BCUT2D eigenvalue weighted by molar-refractivity contribution is 0.487. The lowest BCUT2D eigenvalue weighted by atomic mass is 9.79. The third-order valence-corrected chi connectivity index (χ3v) is 8.88. The van der Waals surface area contributed by atoms with E-state index in [9.17, 15) is 8.42 Å². The second kappa shape index (κ2) is 4.89. The first-order chi connectivity index (χ1) is 14.6. The fraction of sp³-hybridized carbons (Fsp3) is 0.231. The van der Waals surface area contributed by atoms with Crippen LogP contribution >= 0.6 is 0 Å². The predicted molar refractivity (Wildman–Crippen MR) is 120 cm³/mol. The van der Waals surface area contributed by atoms with Crippen LogP contribution in [0.15, 0.2) is 41.3 Å². The van der Waals surface area contributed by atoms with Gasteiger partial charge in [0.15, 0.2) is 5.75 Å². The van der Waals surface area contributed by atoms with Crippen molar-refractivity contribution in [3.8, 4) is 5.75 Å². The maximum Gasteiger partial charge on any atom is 0.339 e. The van der Waals surface area contributed by atoms with E-state index in [0.29, 0.717) is 10.6 Å². The van der Waals surface area contributed by atoms with Gasteiger partial charge in [0.05, 0.1) is 0 Å². The molecule has 2 aliphatic carbocycles. The van der Waals surface area contributed by atoms with Gasteiger partial charge >= 0.3 is 10.1 Å². The molecule has 0 saturated heterocycles. The molecule has 0 bridgehead atoms. The molecule has 0 spiro atoms. The highest BCUT2D eigenvalue weighted by atomic mass is 32.2. The standard InChI is InChI=1S/C26H18O3S/c27-30(28)20-12-16-6-2-4-14-8-10-18-17-9-7-13-3-1-5-15-11-19(29-30)25(23(17)21(13)15)26(20)24(18)22(14)16/h7-12H,1-6H2. The first kappa shape index (κ1) is 15.9. The summed E-state index contributed by atoms with van der Waals surface area (Å²) in [4.78, 5) is 0.361. The molecule has 3 nitrogen and oxygen atoms in total. The molecule has 0 atom stereocenters. The molecule has 146 valence electrons. The van der Waals surface area contributed by atoms with Crippen LogP contribution in [0.1, 0.15) is 35.1 Å². The summed E-state index contributed by atoms with van der Waals surface area (Å²) in [6.45, 7) is 0. The van der Waals surface area contributed by atoms with Gasteiger partial charge in [0, 0.05) is 16.2 Å². The minimum Gasteiger partial charge on any atom is -0.378 e. The molecular formula is C26H18O3S. The number of hydrogen-bond donors (Lipinski definition) is 0. The second-order valence-electron chi connectivity index (χ2n) is 9.11. The summed E-state index contributed by atoms with van der Waals surface area (Å²) in [5.41, 5.74) is 5.09. The van der Waals surface area contributed by atoms with Gasteiger partial charge in [0.25, 0.3) is 0 Å². The highest BCUT2D eigenvalue weighted by Crippen LogP contribution is 2.53. The zero-order chi connectivity index (χ0) is 19.8. The predicted octanol–water partition coefficient (Wildman–Crippen LogP) is 5.80. The van der Waals surface area contributed by atoms with Crippen LogP contribution < -0.4 is 4.18 Å². The maximum absolute atomic E-state index is 13.3. The Kier molecular flexibility index (Phi) is 2.60. The molecule has 5 aromatic rings. The average Bonchev–Trinajstić information content (AvgIpc) is 2.75. The summed E-state index contributed by atoms with van der Waals surface area (Å²) in [6, 6.07) is 12.9. The van der Waals surface area contributed by atoms with Gasteiger partial charge in [-0.1, -0.05) is 24.3 Å². The number of fused-ring (bicyclic) bond motifs is 1. The van der Waals surface area contributed by atoms with Gasteiger partial charge in [0.1, 0.15) is 4.90 Å². The van der Waals surface area contributed by atoms with Crippen LogP contribution in [-0.2, 0) is 35.8 Å². The molecule has 3 aliphatic rings. The Labute approximate surface area is 173 Å². The fourth-order valence-corrected chi connectivity index (χ4v) is 7.72. The van der Waals surface area contributed by atoms with Crippen molar-refractivity contribution in [2.24, 2.45) is 0 Å². The number of benzene rings is 5. The maximum atomic E-state index is 13.3.